The van der Waals surface area contributed by atoms with Crippen LogP contribution >= 0.6 is 0 Å². The normalized spacial score (nSPS) is 24.2. The summed E-state index contributed by atoms with van der Waals surface area (Å²) in [5.74, 6) is 0.726. The van der Waals surface area contributed by atoms with Gasteiger partial charge in [0, 0.05) is 31.2 Å². The predicted octanol–water partition coefficient (Wildman–Crippen LogP) is 2.76. The van der Waals surface area contributed by atoms with Crippen molar-refractivity contribution in [3.8, 4) is 0 Å². The molecule has 0 aromatic heterocycles. The molecular weight excluding hydrogens is 208 g/mol. The highest BCUT2D eigenvalue weighted by Crippen LogP contribution is 2.35. The van der Waals surface area contributed by atoms with Crippen molar-refractivity contribution in [2.45, 2.75) is 20.3 Å². The fraction of sp³-hybridized carbons (Fsp3) is 0.600. The number of nitrogens with zero attached hydrogens (tertiary/aromatic N) is 1. The van der Waals surface area contributed by atoms with E-state index < -0.39 is 0 Å². The zero-order valence-corrected chi connectivity index (χ0v) is 11.2. The highest BCUT2D eigenvalue weighted by molar-refractivity contribution is 5.45. The van der Waals surface area contributed by atoms with E-state index in [-0.39, 0.29) is 0 Å². The molecule has 1 aliphatic heterocycles. The van der Waals surface area contributed by atoms with E-state index in [1.165, 1.54) is 18.7 Å². The van der Waals surface area contributed by atoms with E-state index in [9.17, 15) is 0 Å². The number of nitrogens with one attached hydrogen (secondary N) is 1. The maximum Gasteiger partial charge on any atom is 0.0363 e. The van der Waals surface area contributed by atoms with Gasteiger partial charge < -0.3 is 10.2 Å². The molecule has 1 aromatic rings. The van der Waals surface area contributed by atoms with Gasteiger partial charge in [0.2, 0.25) is 0 Å². The lowest BCUT2D eigenvalue weighted by atomic mass is 9.76. The maximum atomic E-state index is 3.52. The van der Waals surface area contributed by atoms with Crippen LogP contribution in [0.2, 0.25) is 0 Å². The molecule has 1 aliphatic rings. The Hall–Kier alpha value is -1.02. The SMILES string of the molecule is CC(C)C1(CN(C)c2ccccc2)CCNC1. The van der Waals surface area contributed by atoms with Crippen molar-refractivity contribution < 1.29 is 0 Å². The molecule has 0 aliphatic carbocycles. The summed E-state index contributed by atoms with van der Waals surface area (Å²) in [6, 6.07) is 10.7. The lowest BCUT2D eigenvalue weighted by Gasteiger charge is -2.37. The van der Waals surface area contributed by atoms with E-state index in [2.05, 4.69) is 61.4 Å². The van der Waals surface area contributed by atoms with Crippen LogP contribution in [0.4, 0.5) is 5.69 Å². The molecule has 0 amide bonds. The Morgan fingerprint density at radius 1 is 1.29 bits per heavy atom. The molecule has 0 bridgehead atoms. The Bertz CT molecular complexity index is 339. The van der Waals surface area contributed by atoms with Gasteiger partial charge in [-0.05, 0) is 31.0 Å². The Morgan fingerprint density at radius 2 is 2.00 bits per heavy atom. The van der Waals surface area contributed by atoms with Crippen molar-refractivity contribution in [1.29, 1.82) is 0 Å². The number of anilines is 1. The Morgan fingerprint density at radius 3 is 2.53 bits per heavy atom. The first-order valence-corrected chi connectivity index (χ1v) is 6.61. The van der Waals surface area contributed by atoms with Crippen molar-refractivity contribution in [2.24, 2.45) is 11.3 Å². The first-order chi connectivity index (χ1) is 8.14. The molecule has 0 spiro atoms. The molecule has 1 N–H and O–H groups in total. The minimum atomic E-state index is 0.435. The van der Waals surface area contributed by atoms with Gasteiger partial charge in [0.25, 0.3) is 0 Å². The highest BCUT2D eigenvalue weighted by atomic mass is 15.1. The standard InChI is InChI=1S/C15H24N2/c1-13(2)15(9-10-16-11-15)12-17(3)14-7-5-4-6-8-14/h4-8,13,16H,9-12H2,1-3H3. The Balaban J connectivity index is 2.09. The van der Waals surface area contributed by atoms with Gasteiger partial charge in [-0.15, -0.1) is 0 Å². The van der Waals surface area contributed by atoms with Gasteiger partial charge in [0.1, 0.15) is 0 Å². The number of hydrogen-bond acceptors (Lipinski definition) is 2. The molecule has 0 radical (unpaired) electrons. The van der Waals surface area contributed by atoms with E-state index in [4.69, 9.17) is 0 Å². The van der Waals surface area contributed by atoms with Gasteiger partial charge in [-0.2, -0.15) is 0 Å². The van der Waals surface area contributed by atoms with Crippen LogP contribution < -0.4 is 10.2 Å². The van der Waals surface area contributed by atoms with Crippen molar-refractivity contribution in [3.63, 3.8) is 0 Å². The molecular formula is C15H24N2. The molecule has 1 fully saturated rings. The summed E-state index contributed by atoms with van der Waals surface area (Å²) in [7, 11) is 2.21. The molecule has 17 heavy (non-hydrogen) atoms. The van der Waals surface area contributed by atoms with E-state index in [1.54, 1.807) is 0 Å². The van der Waals surface area contributed by atoms with E-state index in [1.807, 2.05) is 0 Å². The van der Waals surface area contributed by atoms with Gasteiger partial charge in [-0.3, -0.25) is 0 Å². The fourth-order valence-electron chi connectivity index (χ4n) is 2.82. The third-order valence-corrected chi connectivity index (χ3v) is 4.25. The minimum absolute atomic E-state index is 0.435. The summed E-state index contributed by atoms with van der Waals surface area (Å²) < 4.78 is 0. The lowest BCUT2D eigenvalue weighted by molar-refractivity contribution is 0.226. The summed E-state index contributed by atoms with van der Waals surface area (Å²) in [5.41, 5.74) is 1.75. The molecule has 1 unspecified atom stereocenters. The topological polar surface area (TPSA) is 15.3 Å². The Kier molecular flexibility index (Phi) is 3.72. The van der Waals surface area contributed by atoms with Crippen LogP contribution in [0.3, 0.4) is 0 Å². The van der Waals surface area contributed by atoms with E-state index in [0.29, 0.717) is 5.41 Å². The average Bonchev–Trinajstić information content (AvgIpc) is 2.80. The van der Waals surface area contributed by atoms with Crippen LogP contribution in [0.25, 0.3) is 0 Å². The zero-order chi connectivity index (χ0) is 12.3. The summed E-state index contributed by atoms with van der Waals surface area (Å²) in [6.07, 6.45) is 1.29. The van der Waals surface area contributed by atoms with Crippen LogP contribution in [-0.4, -0.2) is 26.7 Å². The molecule has 1 saturated heterocycles. The second-order valence-electron chi connectivity index (χ2n) is 5.64. The molecule has 94 valence electrons. The second kappa shape index (κ2) is 5.09. The molecule has 2 rings (SSSR count). The third kappa shape index (κ3) is 2.63. The molecule has 1 aromatic carbocycles. The molecule has 1 atom stereocenters. The van der Waals surface area contributed by atoms with Crippen molar-refractivity contribution in [1.82, 2.24) is 5.32 Å². The fourth-order valence-corrected chi connectivity index (χ4v) is 2.82. The first kappa shape index (κ1) is 12.4. The smallest absolute Gasteiger partial charge is 0.0363 e. The second-order valence-corrected chi connectivity index (χ2v) is 5.64. The summed E-state index contributed by atoms with van der Waals surface area (Å²) >= 11 is 0. The molecule has 1 heterocycles. The van der Waals surface area contributed by atoms with Gasteiger partial charge in [0.05, 0.1) is 0 Å². The maximum absolute atomic E-state index is 3.52. The van der Waals surface area contributed by atoms with E-state index >= 15 is 0 Å². The average molecular weight is 232 g/mol. The number of para-hydroxylation sites is 1. The summed E-state index contributed by atoms with van der Waals surface area (Å²) in [5, 5.41) is 3.52. The number of benzene rings is 1. The quantitative estimate of drug-likeness (QED) is 0.858. The molecule has 2 heteroatoms. The predicted molar refractivity (Wildman–Crippen MR) is 74.5 cm³/mol. The van der Waals surface area contributed by atoms with Crippen LogP contribution in [0.5, 0.6) is 0 Å². The summed E-state index contributed by atoms with van der Waals surface area (Å²) in [4.78, 5) is 2.40. The monoisotopic (exact) mass is 232 g/mol. The number of hydrogen-bond donors (Lipinski definition) is 1. The minimum Gasteiger partial charge on any atom is -0.374 e. The van der Waals surface area contributed by atoms with Gasteiger partial charge in [-0.25, -0.2) is 0 Å². The van der Waals surface area contributed by atoms with Gasteiger partial charge in [-0.1, -0.05) is 32.0 Å². The molecule has 0 saturated carbocycles. The van der Waals surface area contributed by atoms with Crippen molar-refractivity contribution >= 4 is 5.69 Å². The Labute approximate surface area is 105 Å². The summed E-state index contributed by atoms with van der Waals surface area (Å²) in [6.45, 7) is 8.17. The number of rotatable bonds is 4. The van der Waals surface area contributed by atoms with E-state index in [0.717, 1.165) is 19.0 Å². The van der Waals surface area contributed by atoms with Gasteiger partial charge in [0.15, 0.2) is 0 Å². The third-order valence-electron chi connectivity index (χ3n) is 4.25. The van der Waals surface area contributed by atoms with Crippen LogP contribution in [0.1, 0.15) is 20.3 Å². The van der Waals surface area contributed by atoms with Crippen LogP contribution in [-0.2, 0) is 0 Å². The first-order valence-electron chi connectivity index (χ1n) is 6.61. The van der Waals surface area contributed by atoms with Gasteiger partial charge >= 0.3 is 0 Å². The van der Waals surface area contributed by atoms with Crippen LogP contribution in [0, 0.1) is 11.3 Å². The van der Waals surface area contributed by atoms with Crippen LogP contribution in [0.15, 0.2) is 30.3 Å². The van der Waals surface area contributed by atoms with Crippen molar-refractivity contribution in [3.05, 3.63) is 30.3 Å². The zero-order valence-electron chi connectivity index (χ0n) is 11.2. The van der Waals surface area contributed by atoms with Crippen molar-refractivity contribution in [2.75, 3.05) is 31.6 Å². The lowest BCUT2D eigenvalue weighted by Crippen LogP contribution is -2.41. The highest BCUT2D eigenvalue weighted by Gasteiger charge is 2.37. The largest absolute Gasteiger partial charge is 0.374 e. The molecule has 2 nitrogen and oxygen atoms in total.